The highest BCUT2D eigenvalue weighted by Crippen LogP contribution is 2.26. The Kier molecular flexibility index (Phi) is 6.09. The zero-order chi connectivity index (χ0) is 20.1. The summed E-state index contributed by atoms with van der Waals surface area (Å²) in [5.74, 6) is 0.215. The molecule has 0 amide bonds. The molecule has 154 valence electrons. The number of aromatic nitrogens is 2. The van der Waals surface area contributed by atoms with E-state index < -0.39 is 11.3 Å². The van der Waals surface area contributed by atoms with Crippen LogP contribution in [0.15, 0.2) is 48.9 Å². The van der Waals surface area contributed by atoms with Gasteiger partial charge in [-0.1, -0.05) is 12.8 Å². The van der Waals surface area contributed by atoms with E-state index in [0.717, 1.165) is 31.5 Å². The maximum absolute atomic E-state index is 12.0. The minimum Gasteiger partial charge on any atom is -0.474 e. The average Bonchev–Trinajstić information content (AvgIpc) is 2.89. The molecule has 0 N–H and O–H groups in total. The summed E-state index contributed by atoms with van der Waals surface area (Å²) in [6.45, 7) is 3.90. The fourth-order valence-corrected chi connectivity index (χ4v) is 3.67. The number of likely N-dealkylation sites (tertiary alicyclic amines) is 1. The van der Waals surface area contributed by atoms with Crippen LogP contribution in [-0.2, 0) is 0 Å². The Morgan fingerprint density at radius 1 is 0.966 bits per heavy atom. The lowest BCUT2D eigenvalue weighted by Crippen LogP contribution is -2.25. The second kappa shape index (κ2) is 9.09. The molecule has 0 spiro atoms. The van der Waals surface area contributed by atoms with Gasteiger partial charge in [0.2, 0.25) is 5.58 Å². The molecule has 29 heavy (non-hydrogen) atoms. The number of pyridine rings is 1. The normalized spacial score (nSPS) is 15.4. The molecule has 0 atom stereocenters. The molecule has 0 radical (unpaired) electrons. The first-order valence-electron chi connectivity index (χ1n) is 10.2. The zero-order valence-electron chi connectivity index (χ0n) is 16.3. The van der Waals surface area contributed by atoms with Gasteiger partial charge in [-0.25, -0.2) is 14.1 Å². The van der Waals surface area contributed by atoms with E-state index in [1.807, 2.05) is 0 Å². The van der Waals surface area contributed by atoms with Crippen LogP contribution < -0.4 is 16.0 Å². The summed E-state index contributed by atoms with van der Waals surface area (Å²) in [6.07, 6.45) is 8.83. The molecule has 0 unspecified atom stereocenters. The molecule has 0 saturated carbocycles. The molecule has 1 fully saturated rings. The highest BCUT2D eigenvalue weighted by Gasteiger charge is 2.15. The molecule has 4 heterocycles. The lowest BCUT2D eigenvalue weighted by atomic mass is 10.2. The van der Waals surface area contributed by atoms with Gasteiger partial charge in [-0.05, 0) is 57.5 Å². The van der Waals surface area contributed by atoms with Crippen LogP contribution in [0.2, 0.25) is 0 Å². The van der Waals surface area contributed by atoms with Gasteiger partial charge >= 0.3 is 11.3 Å². The fraction of sp³-hybridized carbons (Fsp3) is 0.476. The van der Waals surface area contributed by atoms with E-state index >= 15 is 0 Å². The van der Waals surface area contributed by atoms with Crippen LogP contribution in [0.5, 0.6) is 5.88 Å². The van der Waals surface area contributed by atoms with Crippen molar-refractivity contribution in [3.05, 3.63) is 51.3 Å². The van der Waals surface area contributed by atoms with Crippen molar-refractivity contribution in [1.29, 1.82) is 0 Å². The summed E-state index contributed by atoms with van der Waals surface area (Å²) in [7, 11) is 0. The summed E-state index contributed by atoms with van der Waals surface area (Å²) in [5.41, 5.74) is -0.523. The molecule has 1 saturated heterocycles. The molecule has 3 aromatic heterocycles. The van der Waals surface area contributed by atoms with Crippen LogP contribution in [0.25, 0.3) is 16.7 Å². The number of unbranched alkanes of at least 4 members (excludes halogenated alkanes) is 1. The maximum Gasteiger partial charge on any atom is 0.336 e. The van der Waals surface area contributed by atoms with Crippen molar-refractivity contribution in [1.82, 2.24) is 14.5 Å². The Hall–Kier alpha value is -2.87. The predicted octanol–water partition coefficient (Wildman–Crippen LogP) is 2.99. The standard InChI is InChI=1S/C21H25N3O5/c25-17-9-10-18(26)29-20-19-16(28-17)8-7-14-24(19)22-21(20)27-15-6-5-13-23-11-3-1-2-4-12-23/h7-10,14H,1-6,11-13,15H2. The second-order valence-electron chi connectivity index (χ2n) is 7.29. The summed E-state index contributed by atoms with van der Waals surface area (Å²) >= 11 is 0. The molecule has 0 bridgehead atoms. The van der Waals surface area contributed by atoms with E-state index in [1.54, 1.807) is 18.3 Å². The molecule has 0 aliphatic carbocycles. The number of hydrogen-bond donors (Lipinski definition) is 0. The topological polar surface area (TPSA) is 90.2 Å². The molecular formula is C21H25N3O5. The fourth-order valence-electron chi connectivity index (χ4n) is 3.67. The molecular weight excluding hydrogens is 374 g/mol. The van der Waals surface area contributed by atoms with E-state index in [-0.39, 0.29) is 17.0 Å². The van der Waals surface area contributed by atoms with Gasteiger partial charge in [0.25, 0.3) is 5.88 Å². The Morgan fingerprint density at radius 3 is 2.52 bits per heavy atom. The maximum atomic E-state index is 12.0. The molecule has 8 heteroatoms. The lowest BCUT2D eigenvalue weighted by molar-refractivity contribution is 0.252. The third-order valence-corrected chi connectivity index (χ3v) is 5.12. The number of ether oxygens (including phenoxy) is 1. The predicted molar refractivity (Wildman–Crippen MR) is 108 cm³/mol. The van der Waals surface area contributed by atoms with Crippen LogP contribution in [0, 0.1) is 0 Å². The van der Waals surface area contributed by atoms with Crippen molar-refractivity contribution in [2.75, 3.05) is 26.2 Å². The van der Waals surface area contributed by atoms with E-state index in [0.29, 0.717) is 12.1 Å². The minimum absolute atomic E-state index is 0.164. The summed E-state index contributed by atoms with van der Waals surface area (Å²) in [5, 5.41) is 4.35. The first kappa shape index (κ1) is 19.4. The number of rotatable bonds is 6. The lowest BCUT2D eigenvalue weighted by Gasteiger charge is -2.19. The summed E-state index contributed by atoms with van der Waals surface area (Å²) < 4.78 is 18.0. The van der Waals surface area contributed by atoms with Crippen LogP contribution in [0.3, 0.4) is 0 Å². The minimum atomic E-state index is -0.681. The van der Waals surface area contributed by atoms with Gasteiger partial charge in [0.05, 0.1) is 6.61 Å². The van der Waals surface area contributed by atoms with Crippen molar-refractivity contribution in [2.45, 2.75) is 38.5 Å². The summed E-state index contributed by atoms with van der Waals surface area (Å²) in [4.78, 5) is 26.3. The third-order valence-electron chi connectivity index (χ3n) is 5.12. The van der Waals surface area contributed by atoms with Crippen molar-refractivity contribution < 1.29 is 13.6 Å². The van der Waals surface area contributed by atoms with Crippen molar-refractivity contribution in [3.63, 3.8) is 0 Å². The first-order chi connectivity index (χ1) is 14.2. The SMILES string of the molecule is O=c1ccc(=O)oc2c(OCCCCN3CCCCCC3)nn3cccc(o1)c23. The molecule has 0 aromatic carbocycles. The average molecular weight is 399 g/mol. The monoisotopic (exact) mass is 399 g/mol. The van der Waals surface area contributed by atoms with Gasteiger partial charge in [-0.3, -0.25) is 0 Å². The van der Waals surface area contributed by atoms with Crippen LogP contribution >= 0.6 is 0 Å². The van der Waals surface area contributed by atoms with Crippen LogP contribution in [0.4, 0.5) is 0 Å². The zero-order valence-corrected chi connectivity index (χ0v) is 16.3. The van der Waals surface area contributed by atoms with Gasteiger partial charge in [0, 0.05) is 18.3 Å². The van der Waals surface area contributed by atoms with E-state index in [2.05, 4.69) is 10.00 Å². The number of nitrogens with zero attached hydrogens (tertiary/aromatic N) is 3. The molecule has 8 nitrogen and oxygen atoms in total. The van der Waals surface area contributed by atoms with E-state index in [1.165, 1.54) is 43.3 Å². The Bertz CT molecular complexity index is 1110. The molecule has 3 aromatic rings. The largest absolute Gasteiger partial charge is 0.474 e. The van der Waals surface area contributed by atoms with E-state index in [4.69, 9.17) is 13.6 Å². The third kappa shape index (κ3) is 4.76. The van der Waals surface area contributed by atoms with Crippen molar-refractivity contribution in [3.8, 4) is 5.88 Å². The summed E-state index contributed by atoms with van der Waals surface area (Å²) in [6, 6.07) is 5.38. The van der Waals surface area contributed by atoms with E-state index in [9.17, 15) is 9.59 Å². The molecule has 1 aliphatic heterocycles. The first-order valence-corrected chi connectivity index (χ1v) is 10.2. The van der Waals surface area contributed by atoms with Crippen LogP contribution in [0.1, 0.15) is 38.5 Å². The van der Waals surface area contributed by atoms with Crippen LogP contribution in [-0.4, -0.2) is 40.8 Å². The van der Waals surface area contributed by atoms with Gasteiger partial charge in [0.1, 0.15) is 0 Å². The highest BCUT2D eigenvalue weighted by molar-refractivity contribution is 5.90. The molecule has 4 rings (SSSR count). The van der Waals surface area contributed by atoms with Gasteiger partial charge in [-0.2, -0.15) is 0 Å². The highest BCUT2D eigenvalue weighted by atomic mass is 16.5. The van der Waals surface area contributed by atoms with Gasteiger partial charge < -0.3 is 18.5 Å². The number of hydrogen-bond acceptors (Lipinski definition) is 7. The Labute approximate surface area is 167 Å². The smallest absolute Gasteiger partial charge is 0.336 e. The Balaban J connectivity index is 1.51. The quantitative estimate of drug-likeness (QED) is 0.589. The Morgan fingerprint density at radius 2 is 1.72 bits per heavy atom. The van der Waals surface area contributed by atoms with Gasteiger partial charge in [-0.15, -0.1) is 5.10 Å². The second-order valence-corrected chi connectivity index (χ2v) is 7.29. The van der Waals surface area contributed by atoms with Crippen molar-refractivity contribution in [2.24, 2.45) is 0 Å². The molecule has 1 aliphatic rings. The van der Waals surface area contributed by atoms with Gasteiger partial charge in [0.15, 0.2) is 11.1 Å². The van der Waals surface area contributed by atoms with Crippen molar-refractivity contribution >= 4 is 16.7 Å².